The zero-order valence-corrected chi connectivity index (χ0v) is 17.9. The van der Waals surface area contributed by atoms with Gasteiger partial charge >= 0.3 is 0 Å². The van der Waals surface area contributed by atoms with Crippen molar-refractivity contribution >= 4 is 49.3 Å². The van der Waals surface area contributed by atoms with E-state index in [0.29, 0.717) is 26.1 Å². The number of amides is 1. The van der Waals surface area contributed by atoms with Crippen LogP contribution < -0.4 is 15.1 Å². The Kier molecular flexibility index (Phi) is 4.37. The molecule has 0 aliphatic carbocycles. The lowest BCUT2D eigenvalue weighted by atomic mass is 9.98. The van der Waals surface area contributed by atoms with E-state index in [0.717, 1.165) is 0 Å². The molecule has 30 heavy (non-hydrogen) atoms. The number of nitrogens with zero attached hydrogens (tertiary/aromatic N) is 2. The molecule has 1 N–H and O–H groups in total. The highest BCUT2D eigenvalue weighted by atomic mass is 79.9. The van der Waals surface area contributed by atoms with Gasteiger partial charge in [0.2, 0.25) is 5.76 Å². The fourth-order valence-corrected chi connectivity index (χ4v) is 4.80. The maximum Gasteiger partial charge on any atom is 0.297 e. The van der Waals surface area contributed by atoms with Crippen LogP contribution in [0, 0.1) is 0 Å². The van der Waals surface area contributed by atoms with E-state index in [2.05, 4.69) is 20.9 Å². The largest absolute Gasteiger partial charge is 0.503 e. The number of methoxy groups -OCH3 is 1. The van der Waals surface area contributed by atoms with Crippen LogP contribution in [0.5, 0.6) is 11.5 Å². The molecule has 1 amide bonds. The number of halogens is 1. The van der Waals surface area contributed by atoms with E-state index in [1.165, 1.54) is 23.3 Å². The number of para-hydroxylation sites is 1. The van der Waals surface area contributed by atoms with E-state index in [4.69, 9.17) is 9.15 Å². The Bertz CT molecular complexity index is 1370. The normalized spacial score (nSPS) is 15.6. The van der Waals surface area contributed by atoms with Gasteiger partial charge in [0, 0.05) is 11.6 Å². The highest BCUT2D eigenvalue weighted by Gasteiger charge is 2.45. The third-order valence-corrected chi connectivity index (χ3v) is 6.36. The Labute approximate surface area is 182 Å². The number of phenolic OH excluding ortho intramolecular Hbond substituents is 1. The summed E-state index contributed by atoms with van der Waals surface area (Å²) in [5, 5.41) is 12.8. The van der Waals surface area contributed by atoms with Gasteiger partial charge in [-0.15, -0.1) is 11.3 Å². The highest BCUT2D eigenvalue weighted by Crippen LogP contribution is 2.45. The molecular weight excluding hydrogens is 472 g/mol. The van der Waals surface area contributed by atoms with Crippen molar-refractivity contribution in [2.24, 2.45) is 0 Å². The molecule has 0 fully saturated rings. The number of fused-ring (bicyclic) bond motifs is 2. The van der Waals surface area contributed by atoms with Gasteiger partial charge in [0.1, 0.15) is 5.58 Å². The molecule has 1 atom stereocenters. The summed E-state index contributed by atoms with van der Waals surface area (Å²) in [6.45, 7) is 0. The maximum atomic E-state index is 13.4. The van der Waals surface area contributed by atoms with Crippen molar-refractivity contribution < 1.29 is 19.1 Å². The summed E-state index contributed by atoms with van der Waals surface area (Å²) >= 11 is 4.60. The molecule has 1 aliphatic heterocycles. The Morgan fingerprint density at radius 3 is 2.80 bits per heavy atom. The van der Waals surface area contributed by atoms with E-state index in [1.807, 2.05) is 0 Å². The first-order chi connectivity index (χ1) is 14.5. The van der Waals surface area contributed by atoms with Crippen molar-refractivity contribution in [2.75, 3.05) is 12.0 Å². The second kappa shape index (κ2) is 6.96. The number of benzene rings is 2. The van der Waals surface area contributed by atoms with E-state index < -0.39 is 11.9 Å². The van der Waals surface area contributed by atoms with Gasteiger partial charge in [-0.3, -0.25) is 14.5 Å². The van der Waals surface area contributed by atoms with Crippen molar-refractivity contribution in [2.45, 2.75) is 6.04 Å². The number of thiazole rings is 1. The molecule has 3 heterocycles. The number of aromatic hydroxyl groups is 1. The van der Waals surface area contributed by atoms with E-state index in [-0.39, 0.29) is 28.3 Å². The zero-order chi connectivity index (χ0) is 21.0. The summed E-state index contributed by atoms with van der Waals surface area (Å²) in [5.74, 6) is -0.320. The molecular formula is C21H13BrN2O5S. The average Bonchev–Trinajstić information content (AvgIpc) is 3.37. The van der Waals surface area contributed by atoms with Crippen LogP contribution in [0.3, 0.4) is 0 Å². The summed E-state index contributed by atoms with van der Waals surface area (Å²) in [6, 6.07) is 9.28. The lowest BCUT2D eigenvalue weighted by Gasteiger charge is -2.23. The molecule has 150 valence electrons. The molecule has 4 aromatic rings. The molecule has 0 bridgehead atoms. The Morgan fingerprint density at radius 1 is 1.27 bits per heavy atom. The number of ether oxygens (including phenoxy) is 1. The van der Waals surface area contributed by atoms with Gasteiger partial charge in [-0.05, 0) is 45.8 Å². The molecule has 2 aromatic heterocycles. The zero-order valence-electron chi connectivity index (χ0n) is 15.5. The minimum absolute atomic E-state index is 0.0120. The van der Waals surface area contributed by atoms with E-state index in [1.54, 1.807) is 48.0 Å². The molecule has 0 radical (unpaired) electrons. The van der Waals surface area contributed by atoms with Gasteiger partial charge in [0.25, 0.3) is 5.91 Å². The van der Waals surface area contributed by atoms with Crippen LogP contribution in [0.4, 0.5) is 5.13 Å². The number of hydrogen-bond donors (Lipinski definition) is 1. The van der Waals surface area contributed by atoms with Crippen LogP contribution in [0.15, 0.2) is 61.7 Å². The smallest absolute Gasteiger partial charge is 0.297 e. The first-order valence-electron chi connectivity index (χ1n) is 8.86. The number of hydrogen-bond acceptors (Lipinski definition) is 7. The first-order valence-corrected chi connectivity index (χ1v) is 10.5. The van der Waals surface area contributed by atoms with E-state index in [9.17, 15) is 14.7 Å². The van der Waals surface area contributed by atoms with Crippen LogP contribution in [0.1, 0.15) is 27.7 Å². The van der Waals surface area contributed by atoms with Crippen molar-refractivity contribution in [3.8, 4) is 11.5 Å². The Balaban J connectivity index is 1.84. The van der Waals surface area contributed by atoms with Crippen molar-refractivity contribution in [1.29, 1.82) is 0 Å². The van der Waals surface area contributed by atoms with Gasteiger partial charge in [0.15, 0.2) is 22.1 Å². The van der Waals surface area contributed by atoms with Crippen LogP contribution >= 0.6 is 27.3 Å². The van der Waals surface area contributed by atoms with Gasteiger partial charge in [-0.1, -0.05) is 12.1 Å². The van der Waals surface area contributed by atoms with Gasteiger partial charge in [0.05, 0.1) is 28.6 Å². The van der Waals surface area contributed by atoms with Gasteiger partial charge < -0.3 is 14.3 Å². The fraction of sp³-hybridized carbons (Fsp3) is 0.0952. The van der Waals surface area contributed by atoms with Gasteiger partial charge in [-0.2, -0.15) is 0 Å². The molecule has 1 aliphatic rings. The molecule has 5 rings (SSSR count). The molecule has 9 heteroatoms. The van der Waals surface area contributed by atoms with E-state index >= 15 is 0 Å². The summed E-state index contributed by atoms with van der Waals surface area (Å²) < 4.78 is 11.5. The van der Waals surface area contributed by atoms with Crippen molar-refractivity contribution in [3.63, 3.8) is 0 Å². The maximum absolute atomic E-state index is 13.4. The minimum atomic E-state index is -0.787. The molecule has 0 spiro atoms. The minimum Gasteiger partial charge on any atom is -0.503 e. The molecule has 2 aromatic carbocycles. The lowest BCUT2D eigenvalue weighted by Crippen LogP contribution is -2.29. The second-order valence-corrected chi connectivity index (χ2v) is 8.34. The molecule has 0 saturated carbocycles. The van der Waals surface area contributed by atoms with Crippen LogP contribution in [0.25, 0.3) is 11.0 Å². The highest BCUT2D eigenvalue weighted by molar-refractivity contribution is 9.10. The number of rotatable bonds is 3. The summed E-state index contributed by atoms with van der Waals surface area (Å²) in [4.78, 5) is 32.5. The standard InChI is InChI=1S/C21H13BrN2O5S/c1-28-14-9-10(8-12(22)18(14)26)16-15-17(25)11-4-2-3-5-13(11)29-19(15)20(27)24(16)21-23-6-7-30-21/h2-9,16,26H,1H3/t16-/m0/s1. The Hall–Kier alpha value is -3.17. The van der Waals surface area contributed by atoms with Crippen LogP contribution in [0.2, 0.25) is 0 Å². The molecule has 7 nitrogen and oxygen atoms in total. The van der Waals surface area contributed by atoms with Crippen LogP contribution in [-0.2, 0) is 0 Å². The third-order valence-electron chi connectivity index (χ3n) is 4.99. The SMILES string of the molecule is COc1cc([C@H]2c3c(oc4ccccc4c3=O)C(=O)N2c2nccs2)cc(Br)c1O. The quantitative estimate of drug-likeness (QED) is 0.460. The topological polar surface area (TPSA) is 92.9 Å². The monoisotopic (exact) mass is 484 g/mol. The number of phenols is 1. The Morgan fingerprint density at radius 2 is 2.07 bits per heavy atom. The van der Waals surface area contributed by atoms with Gasteiger partial charge in [-0.25, -0.2) is 4.98 Å². The summed E-state index contributed by atoms with van der Waals surface area (Å²) in [7, 11) is 1.43. The number of carbonyl (C=O) groups is 1. The fourth-order valence-electron chi connectivity index (χ4n) is 3.67. The third kappa shape index (κ3) is 2.66. The summed E-state index contributed by atoms with van der Waals surface area (Å²) in [5.41, 5.74) is 0.862. The first kappa shape index (κ1) is 18.8. The van der Waals surface area contributed by atoms with Crippen molar-refractivity contribution in [3.05, 3.63) is 79.6 Å². The number of aromatic nitrogens is 1. The number of carbonyl (C=O) groups excluding carboxylic acids is 1. The second-order valence-electron chi connectivity index (χ2n) is 6.62. The molecule has 0 unspecified atom stereocenters. The average molecular weight is 485 g/mol. The predicted molar refractivity (Wildman–Crippen MR) is 116 cm³/mol. The van der Waals surface area contributed by atoms with Crippen LogP contribution in [-0.4, -0.2) is 23.1 Å². The molecule has 0 saturated heterocycles. The van der Waals surface area contributed by atoms with Crippen molar-refractivity contribution in [1.82, 2.24) is 4.98 Å². The lowest BCUT2D eigenvalue weighted by molar-refractivity contribution is 0.0971. The predicted octanol–water partition coefficient (Wildman–Crippen LogP) is 4.48. The number of anilines is 1. The summed E-state index contributed by atoms with van der Waals surface area (Å²) in [6.07, 6.45) is 1.59.